The summed E-state index contributed by atoms with van der Waals surface area (Å²) in [4.78, 5) is 27.8. The zero-order chi connectivity index (χ0) is 16.1. The molecule has 1 amide bonds. The lowest BCUT2D eigenvalue weighted by Crippen LogP contribution is -2.49. The van der Waals surface area contributed by atoms with Crippen LogP contribution in [0.15, 0.2) is 18.5 Å². The maximum absolute atomic E-state index is 12.5. The molecule has 2 aliphatic heterocycles. The molecule has 0 aromatic carbocycles. The van der Waals surface area contributed by atoms with Crippen LogP contribution >= 0.6 is 0 Å². The number of rotatable bonds is 4. The molecule has 0 radical (unpaired) electrons. The molecular formula is C17H27N5O. The maximum Gasteiger partial charge on any atom is 0.225 e. The lowest BCUT2D eigenvalue weighted by atomic mass is 9.93. The van der Waals surface area contributed by atoms with Crippen molar-refractivity contribution < 1.29 is 4.79 Å². The molecule has 2 aliphatic rings. The highest BCUT2D eigenvalue weighted by Gasteiger charge is 2.26. The number of amides is 1. The van der Waals surface area contributed by atoms with Gasteiger partial charge in [-0.1, -0.05) is 6.92 Å². The summed E-state index contributed by atoms with van der Waals surface area (Å²) >= 11 is 0. The Kier molecular flexibility index (Phi) is 5.43. The molecule has 126 valence electrons. The van der Waals surface area contributed by atoms with Crippen LogP contribution in [0, 0.1) is 5.92 Å². The van der Waals surface area contributed by atoms with Gasteiger partial charge < -0.3 is 14.7 Å². The number of hydrogen-bond acceptors (Lipinski definition) is 5. The Morgan fingerprint density at radius 3 is 2.35 bits per heavy atom. The SMILES string of the molecule is CCN1CCN(C(=O)CC2CCN(c3ncccn3)CC2)CC1. The second-order valence-corrected chi connectivity index (χ2v) is 6.50. The van der Waals surface area contributed by atoms with Crippen molar-refractivity contribution in [3.05, 3.63) is 18.5 Å². The summed E-state index contributed by atoms with van der Waals surface area (Å²) in [5.74, 6) is 1.66. The first-order valence-corrected chi connectivity index (χ1v) is 8.78. The fraction of sp³-hybridized carbons (Fsp3) is 0.706. The van der Waals surface area contributed by atoms with E-state index >= 15 is 0 Å². The molecule has 6 nitrogen and oxygen atoms in total. The topological polar surface area (TPSA) is 52.6 Å². The van der Waals surface area contributed by atoms with Crippen molar-refractivity contribution in [2.45, 2.75) is 26.2 Å². The van der Waals surface area contributed by atoms with Crippen LogP contribution in [0.25, 0.3) is 0 Å². The summed E-state index contributed by atoms with van der Waals surface area (Å²) in [5, 5.41) is 0. The number of likely N-dealkylation sites (N-methyl/N-ethyl adjacent to an activating group) is 1. The van der Waals surface area contributed by atoms with Crippen LogP contribution in [0.4, 0.5) is 5.95 Å². The highest BCUT2D eigenvalue weighted by atomic mass is 16.2. The normalized spacial score (nSPS) is 20.7. The zero-order valence-corrected chi connectivity index (χ0v) is 14.0. The third-order valence-electron chi connectivity index (χ3n) is 5.09. The number of aromatic nitrogens is 2. The van der Waals surface area contributed by atoms with E-state index in [1.807, 2.05) is 6.07 Å². The molecule has 0 atom stereocenters. The fourth-order valence-corrected chi connectivity index (χ4v) is 3.48. The Bertz CT molecular complexity index is 493. The van der Waals surface area contributed by atoms with E-state index in [2.05, 4.69) is 31.6 Å². The first-order valence-electron chi connectivity index (χ1n) is 8.78. The molecule has 0 spiro atoms. The lowest BCUT2D eigenvalue weighted by molar-refractivity contribution is -0.134. The van der Waals surface area contributed by atoms with Gasteiger partial charge in [-0.3, -0.25) is 4.79 Å². The third kappa shape index (κ3) is 4.19. The molecule has 2 fully saturated rings. The quantitative estimate of drug-likeness (QED) is 0.836. The monoisotopic (exact) mass is 317 g/mol. The highest BCUT2D eigenvalue weighted by Crippen LogP contribution is 2.23. The van der Waals surface area contributed by atoms with E-state index < -0.39 is 0 Å². The summed E-state index contributed by atoms with van der Waals surface area (Å²) in [6.45, 7) is 8.99. The molecule has 0 aliphatic carbocycles. The second-order valence-electron chi connectivity index (χ2n) is 6.50. The van der Waals surface area contributed by atoms with Crippen LogP contribution in [0.5, 0.6) is 0 Å². The van der Waals surface area contributed by atoms with Crippen molar-refractivity contribution in [1.29, 1.82) is 0 Å². The molecule has 1 aromatic heterocycles. The molecule has 3 rings (SSSR count). The molecule has 2 saturated heterocycles. The predicted molar refractivity (Wildman–Crippen MR) is 90.3 cm³/mol. The standard InChI is InChI=1S/C17H27N5O/c1-2-20-10-12-21(13-11-20)16(23)14-15-4-8-22(9-5-15)17-18-6-3-7-19-17/h3,6-7,15H,2,4-5,8-14H2,1H3. The molecule has 0 unspecified atom stereocenters. The number of piperazine rings is 1. The summed E-state index contributed by atoms with van der Waals surface area (Å²) in [5.41, 5.74) is 0. The average molecular weight is 317 g/mol. The maximum atomic E-state index is 12.5. The molecule has 0 saturated carbocycles. The highest BCUT2D eigenvalue weighted by molar-refractivity contribution is 5.76. The van der Waals surface area contributed by atoms with Gasteiger partial charge in [0.2, 0.25) is 11.9 Å². The minimum atomic E-state index is 0.343. The van der Waals surface area contributed by atoms with Gasteiger partial charge in [-0.2, -0.15) is 0 Å². The van der Waals surface area contributed by atoms with Gasteiger partial charge in [0.15, 0.2) is 0 Å². The van der Waals surface area contributed by atoms with Crippen molar-refractivity contribution in [3.63, 3.8) is 0 Å². The molecule has 0 N–H and O–H groups in total. The smallest absolute Gasteiger partial charge is 0.225 e. The fourth-order valence-electron chi connectivity index (χ4n) is 3.48. The van der Waals surface area contributed by atoms with Gasteiger partial charge >= 0.3 is 0 Å². The Hall–Kier alpha value is -1.69. The van der Waals surface area contributed by atoms with E-state index in [0.717, 1.165) is 64.6 Å². The molecular weight excluding hydrogens is 290 g/mol. The lowest BCUT2D eigenvalue weighted by Gasteiger charge is -2.36. The minimum absolute atomic E-state index is 0.343. The van der Waals surface area contributed by atoms with Crippen LogP contribution in [0.1, 0.15) is 26.2 Å². The van der Waals surface area contributed by atoms with Crippen molar-refractivity contribution in [2.75, 3.05) is 50.7 Å². The van der Waals surface area contributed by atoms with Crippen LogP contribution in [-0.2, 0) is 4.79 Å². The number of carbonyl (C=O) groups excluding carboxylic acids is 1. The Morgan fingerprint density at radius 2 is 1.74 bits per heavy atom. The first-order chi connectivity index (χ1) is 11.3. The second kappa shape index (κ2) is 7.73. The number of anilines is 1. The minimum Gasteiger partial charge on any atom is -0.341 e. The van der Waals surface area contributed by atoms with Gasteiger partial charge in [-0.15, -0.1) is 0 Å². The summed E-state index contributed by atoms with van der Waals surface area (Å²) in [6, 6.07) is 1.84. The zero-order valence-electron chi connectivity index (χ0n) is 14.0. The van der Waals surface area contributed by atoms with Gasteiger partial charge in [-0.25, -0.2) is 9.97 Å². The van der Waals surface area contributed by atoms with E-state index in [1.54, 1.807) is 12.4 Å². The molecule has 0 bridgehead atoms. The van der Waals surface area contributed by atoms with E-state index in [0.29, 0.717) is 18.2 Å². The summed E-state index contributed by atoms with van der Waals surface area (Å²) in [7, 11) is 0. The van der Waals surface area contributed by atoms with Crippen molar-refractivity contribution >= 4 is 11.9 Å². The van der Waals surface area contributed by atoms with Gasteiger partial charge in [0.05, 0.1) is 0 Å². The van der Waals surface area contributed by atoms with Crippen LogP contribution in [-0.4, -0.2) is 71.5 Å². The van der Waals surface area contributed by atoms with Crippen molar-refractivity contribution in [2.24, 2.45) is 5.92 Å². The van der Waals surface area contributed by atoms with Crippen LogP contribution in [0.3, 0.4) is 0 Å². The van der Waals surface area contributed by atoms with Gasteiger partial charge in [0.25, 0.3) is 0 Å². The Morgan fingerprint density at radius 1 is 1.09 bits per heavy atom. The van der Waals surface area contributed by atoms with E-state index in [-0.39, 0.29) is 0 Å². The molecule has 23 heavy (non-hydrogen) atoms. The number of carbonyl (C=O) groups is 1. The largest absolute Gasteiger partial charge is 0.341 e. The Labute approximate surface area is 138 Å². The van der Waals surface area contributed by atoms with Crippen LogP contribution < -0.4 is 4.90 Å². The van der Waals surface area contributed by atoms with Gasteiger partial charge in [0.1, 0.15) is 0 Å². The van der Waals surface area contributed by atoms with Crippen molar-refractivity contribution in [1.82, 2.24) is 19.8 Å². The van der Waals surface area contributed by atoms with Crippen LogP contribution in [0.2, 0.25) is 0 Å². The molecule has 6 heteroatoms. The van der Waals surface area contributed by atoms with E-state index in [1.165, 1.54) is 0 Å². The predicted octanol–water partition coefficient (Wildman–Crippen LogP) is 1.25. The number of piperidine rings is 1. The van der Waals surface area contributed by atoms with E-state index in [4.69, 9.17) is 0 Å². The van der Waals surface area contributed by atoms with Crippen molar-refractivity contribution in [3.8, 4) is 0 Å². The first kappa shape index (κ1) is 16.2. The van der Waals surface area contributed by atoms with Gasteiger partial charge in [0, 0.05) is 58.1 Å². The summed E-state index contributed by atoms with van der Waals surface area (Å²) in [6.07, 6.45) is 6.38. The number of hydrogen-bond donors (Lipinski definition) is 0. The third-order valence-corrected chi connectivity index (χ3v) is 5.09. The van der Waals surface area contributed by atoms with E-state index in [9.17, 15) is 4.79 Å². The van der Waals surface area contributed by atoms with Gasteiger partial charge in [-0.05, 0) is 31.4 Å². The Balaban J connectivity index is 1.43. The molecule has 3 heterocycles. The summed E-state index contributed by atoms with van der Waals surface area (Å²) < 4.78 is 0. The number of nitrogens with zero attached hydrogens (tertiary/aromatic N) is 5. The average Bonchev–Trinajstić information content (AvgIpc) is 2.63. The molecule has 1 aromatic rings.